The van der Waals surface area contributed by atoms with E-state index >= 15 is 0 Å². The summed E-state index contributed by atoms with van der Waals surface area (Å²) < 4.78 is 5.32. The molecule has 10 atom stereocenters. The van der Waals surface area contributed by atoms with E-state index in [-0.39, 0.29) is 25.7 Å². The Bertz CT molecular complexity index is 843. The normalized spacial score (nSPS) is 34.8. The summed E-state index contributed by atoms with van der Waals surface area (Å²) in [4.78, 5) is 53.9. The van der Waals surface area contributed by atoms with Crippen LogP contribution >= 0.6 is 0 Å². The van der Waals surface area contributed by atoms with Crippen molar-refractivity contribution in [1.29, 1.82) is 0 Å². The van der Waals surface area contributed by atoms with Crippen LogP contribution in [-0.2, 0) is 23.9 Å². The maximum absolute atomic E-state index is 13.8. The van der Waals surface area contributed by atoms with Gasteiger partial charge < -0.3 is 30.3 Å². The number of aliphatic hydroxyl groups excluding tert-OH is 2. The van der Waals surface area contributed by atoms with Crippen LogP contribution in [0.3, 0.4) is 0 Å². The second kappa shape index (κ2) is 11.9. The minimum Gasteiger partial charge on any atom is -0.382 e. The number of rotatable bonds is 13. The van der Waals surface area contributed by atoms with Gasteiger partial charge in [-0.15, -0.1) is 0 Å². The minimum atomic E-state index is -3.64. The molecular weight excluding hydrogens is 472 g/mol. The van der Waals surface area contributed by atoms with Gasteiger partial charge in [-0.05, 0) is 25.7 Å². The van der Waals surface area contributed by atoms with Crippen molar-refractivity contribution in [3.8, 4) is 0 Å². The second-order valence-corrected chi connectivity index (χ2v) is 10.3. The van der Waals surface area contributed by atoms with E-state index in [1.54, 1.807) is 27.7 Å². The van der Waals surface area contributed by atoms with Crippen LogP contribution in [0.1, 0.15) is 81.1 Å². The summed E-state index contributed by atoms with van der Waals surface area (Å²) in [6, 6.07) is 0. The summed E-state index contributed by atoms with van der Waals surface area (Å²) in [7, 11) is 0. The van der Waals surface area contributed by atoms with Gasteiger partial charge in [0.05, 0.1) is 0 Å². The first-order valence-electron chi connectivity index (χ1n) is 12.8. The molecule has 6 unspecified atom stereocenters. The van der Waals surface area contributed by atoms with E-state index in [1.165, 1.54) is 27.7 Å². The monoisotopic (exact) mass is 516 g/mol. The second-order valence-electron chi connectivity index (χ2n) is 10.3. The van der Waals surface area contributed by atoms with Crippen LogP contribution in [0, 0.1) is 23.7 Å². The number of ether oxygens (including phenoxy) is 1. The van der Waals surface area contributed by atoms with Crippen LogP contribution < -0.4 is 0 Å². The zero-order valence-electron chi connectivity index (χ0n) is 22.6. The summed E-state index contributed by atoms with van der Waals surface area (Å²) in [6.45, 7) is 12.0. The van der Waals surface area contributed by atoms with Crippen LogP contribution in [0.2, 0.25) is 0 Å². The molecule has 0 aromatic rings. The predicted octanol–water partition coefficient (Wildman–Crippen LogP) is 0.719. The molecule has 1 saturated heterocycles. The van der Waals surface area contributed by atoms with E-state index in [9.17, 15) is 44.7 Å². The molecule has 0 amide bonds. The number of hydrogen-bond acceptors (Lipinski definition) is 10. The maximum Gasteiger partial charge on any atom is 0.213 e. The zero-order valence-corrected chi connectivity index (χ0v) is 22.6. The van der Waals surface area contributed by atoms with Gasteiger partial charge in [-0.2, -0.15) is 0 Å². The molecule has 208 valence electrons. The highest BCUT2D eigenvalue weighted by atomic mass is 16.7. The molecule has 1 fully saturated rings. The Morgan fingerprint density at radius 1 is 0.694 bits per heavy atom. The van der Waals surface area contributed by atoms with E-state index < -0.39 is 82.1 Å². The van der Waals surface area contributed by atoms with Gasteiger partial charge >= 0.3 is 0 Å². The largest absolute Gasteiger partial charge is 0.382 e. The highest BCUT2D eigenvalue weighted by molar-refractivity contribution is 6.08. The average molecular weight is 517 g/mol. The predicted molar refractivity (Wildman–Crippen MR) is 130 cm³/mol. The lowest BCUT2D eigenvalue weighted by molar-refractivity contribution is -0.367. The lowest BCUT2D eigenvalue weighted by atomic mass is 9.55. The van der Waals surface area contributed by atoms with Crippen LogP contribution in [0.15, 0.2) is 0 Å². The van der Waals surface area contributed by atoms with Gasteiger partial charge in [0, 0.05) is 23.7 Å². The third-order valence-electron chi connectivity index (χ3n) is 8.11. The molecular formula is C26H44O10. The first kappa shape index (κ1) is 32.5. The lowest BCUT2D eigenvalue weighted by Gasteiger charge is -2.59. The SMILES string of the molecule is CCC(C)C(=O)C(O)[C@H]1OC(O)[C@@](O)(C(=O)C(C)CC)[C@](O)(C(=O)C(C)CC)[C@@]1(O)C(=O)C(C)CC. The van der Waals surface area contributed by atoms with Crippen molar-refractivity contribution in [3.63, 3.8) is 0 Å². The molecule has 0 bridgehead atoms. The van der Waals surface area contributed by atoms with Gasteiger partial charge in [0.15, 0.2) is 35.0 Å². The Kier molecular flexibility index (Phi) is 10.7. The minimum absolute atomic E-state index is 0.0817. The Labute approximate surface area is 213 Å². The zero-order chi connectivity index (χ0) is 28.4. The Morgan fingerprint density at radius 2 is 1.06 bits per heavy atom. The van der Waals surface area contributed by atoms with E-state index in [0.717, 1.165) is 0 Å². The number of ketones is 4. The molecule has 36 heavy (non-hydrogen) atoms. The van der Waals surface area contributed by atoms with Gasteiger partial charge in [0.25, 0.3) is 0 Å². The third kappa shape index (κ3) is 4.72. The molecule has 1 aliphatic heterocycles. The van der Waals surface area contributed by atoms with Crippen LogP contribution in [0.4, 0.5) is 0 Å². The highest BCUT2D eigenvalue weighted by Crippen LogP contribution is 2.50. The van der Waals surface area contributed by atoms with Crippen molar-refractivity contribution in [3.05, 3.63) is 0 Å². The summed E-state index contributed by atoms with van der Waals surface area (Å²) in [5.74, 6) is -8.57. The molecule has 10 nitrogen and oxygen atoms in total. The fourth-order valence-electron chi connectivity index (χ4n) is 4.61. The lowest BCUT2D eigenvalue weighted by Crippen LogP contribution is -2.88. The smallest absolute Gasteiger partial charge is 0.213 e. The number of carbonyl (C=O) groups is 4. The van der Waals surface area contributed by atoms with Gasteiger partial charge in [-0.25, -0.2) is 0 Å². The first-order valence-corrected chi connectivity index (χ1v) is 12.8. The van der Waals surface area contributed by atoms with Crippen LogP contribution in [0.25, 0.3) is 0 Å². The maximum atomic E-state index is 13.8. The Balaban J connectivity index is 4.17. The van der Waals surface area contributed by atoms with Crippen molar-refractivity contribution in [2.45, 2.75) is 116 Å². The molecule has 1 aliphatic rings. The summed E-state index contributed by atoms with van der Waals surface area (Å²) in [5, 5.41) is 57.8. The van der Waals surface area contributed by atoms with Crippen molar-refractivity contribution < 1.29 is 49.4 Å². The number of aliphatic hydroxyl groups is 5. The number of Topliss-reactive ketones (excluding diaryl/α,β-unsaturated/α-hetero) is 4. The van der Waals surface area contributed by atoms with E-state index in [1.807, 2.05) is 0 Å². The molecule has 1 heterocycles. The van der Waals surface area contributed by atoms with Crippen molar-refractivity contribution in [2.75, 3.05) is 0 Å². The van der Waals surface area contributed by atoms with Crippen molar-refractivity contribution in [2.24, 2.45) is 23.7 Å². The molecule has 0 spiro atoms. The molecule has 0 aliphatic carbocycles. The molecule has 0 aromatic heterocycles. The van der Waals surface area contributed by atoms with Crippen molar-refractivity contribution >= 4 is 23.1 Å². The Hall–Kier alpha value is -1.56. The number of carbonyl (C=O) groups excluding carboxylic acids is 4. The molecule has 0 radical (unpaired) electrons. The van der Waals surface area contributed by atoms with Gasteiger partial charge in [0.1, 0.15) is 12.2 Å². The Morgan fingerprint density at radius 3 is 1.44 bits per heavy atom. The molecule has 0 aromatic carbocycles. The van der Waals surface area contributed by atoms with E-state index in [4.69, 9.17) is 4.74 Å². The molecule has 10 heteroatoms. The van der Waals surface area contributed by atoms with Gasteiger partial charge in [0.2, 0.25) is 11.2 Å². The van der Waals surface area contributed by atoms with Gasteiger partial charge in [-0.1, -0.05) is 55.4 Å². The standard InChI is InChI=1S/C26H44O10/c1-9-13(5)17(27)18(28)22-24(33,19(29)14(6)10-2)26(35,21(31)16(8)12-4)25(34,23(32)36-22)20(30)15(7)11-3/h13-16,18,22-23,28,32-35H,9-12H2,1-8H3/t13?,14?,15?,16?,18?,22-,23?,24-,25+,26+/m1/s1. The fourth-order valence-corrected chi connectivity index (χ4v) is 4.61. The highest BCUT2D eigenvalue weighted by Gasteiger charge is 2.81. The summed E-state index contributed by atoms with van der Waals surface area (Å²) in [5.41, 5.74) is -10.6. The average Bonchev–Trinajstić information content (AvgIpc) is 2.89. The molecule has 5 N–H and O–H groups in total. The van der Waals surface area contributed by atoms with E-state index in [0.29, 0.717) is 0 Å². The first-order chi connectivity index (χ1) is 16.5. The quantitative estimate of drug-likeness (QED) is 0.234. The number of hydrogen-bond donors (Lipinski definition) is 5. The third-order valence-corrected chi connectivity index (χ3v) is 8.11. The van der Waals surface area contributed by atoms with E-state index in [2.05, 4.69) is 0 Å². The summed E-state index contributed by atoms with van der Waals surface area (Å²) in [6.07, 6.45) is -6.68. The fraction of sp³-hybridized carbons (Fsp3) is 0.846. The molecule has 1 rings (SSSR count). The van der Waals surface area contributed by atoms with Crippen LogP contribution in [-0.4, -0.2) is 84.0 Å². The van der Waals surface area contributed by atoms with Gasteiger partial charge in [-0.3, -0.25) is 19.2 Å². The summed E-state index contributed by atoms with van der Waals surface area (Å²) >= 11 is 0. The van der Waals surface area contributed by atoms with Crippen LogP contribution in [0.5, 0.6) is 0 Å². The molecule has 0 saturated carbocycles. The van der Waals surface area contributed by atoms with Crippen molar-refractivity contribution in [1.82, 2.24) is 0 Å². The topological polar surface area (TPSA) is 179 Å².